The number of nitrogens with zero attached hydrogens (tertiary/aromatic N) is 2. The van der Waals surface area contributed by atoms with E-state index in [4.69, 9.17) is 5.73 Å². The second-order valence-corrected chi connectivity index (χ2v) is 5.77. The maximum absolute atomic E-state index is 12.4. The van der Waals surface area contributed by atoms with Gasteiger partial charge in [0.15, 0.2) is 5.69 Å². The number of hydrogen-bond acceptors (Lipinski definition) is 4. The van der Waals surface area contributed by atoms with Gasteiger partial charge in [-0.05, 0) is 19.4 Å². The van der Waals surface area contributed by atoms with Crippen molar-refractivity contribution in [2.75, 3.05) is 13.6 Å². The van der Waals surface area contributed by atoms with Crippen LogP contribution in [0.2, 0.25) is 0 Å². The maximum atomic E-state index is 12.4. The van der Waals surface area contributed by atoms with Crippen LogP contribution < -0.4 is 5.73 Å². The van der Waals surface area contributed by atoms with Gasteiger partial charge in [-0.15, -0.1) is 11.3 Å². The number of aromatic nitrogens is 1. The van der Waals surface area contributed by atoms with E-state index >= 15 is 0 Å². The third-order valence-electron chi connectivity index (χ3n) is 2.99. The molecule has 0 aromatic carbocycles. The van der Waals surface area contributed by atoms with Crippen LogP contribution in [-0.2, 0) is 17.5 Å². The smallest absolute Gasteiger partial charge is 0.339 e. The van der Waals surface area contributed by atoms with Crippen molar-refractivity contribution in [3.63, 3.8) is 0 Å². The van der Waals surface area contributed by atoms with Crippen LogP contribution in [0.3, 0.4) is 0 Å². The molecule has 1 aromatic rings. The van der Waals surface area contributed by atoms with Crippen LogP contribution in [0, 0.1) is 0 Å². The highest BCUT2D eigenvalue weighted by Crippen LogP contribution is 2.30. The third kappa shape index (κ3) is 6.43. The molecule has 2 N–H and O–H groups in total. The number of carbonyl (C=O) groups is 1. The Balaban J connectivity index is 2.36. The van der Waals surface area contributed by atoms with Crippen molar-refractivity contribution in [1.82, 2.24) is 9.88 Å². The van der Waals surface area contributed by atoms with Gasteiger partial charge in [-0.25, -0.2) is 4.98 Å². The van der Waals surface area contributed by atoms with Gasteiger partial charge >= 0.3 is 6.18 Å². The summed E-state index contributed by atoms with van der Waals surface area (Å²) in [5, 5.41) is 1.27. The van der Waals surface area contributed by atoms with Crippen LogP contribution in [0.15, 0.2) is 5.38 Å². The highest BCUT2D eigenvalue weighted by molar-refractivity contribution is 7.09. The van der Waals surface area contributed by atoms with Crippen molar-refractivity contribution in [1.29, 1.82) is 0 Å². The predicted octanol–water partition coefficient (Wildman–Crippen LogP) is 3.03. The highest BCUT2D eigenvalue weighted by Gasteiger charge is 2.33. The number of hydrogen-bond donors (Lipinski definition) is 1. The van der Waals surface area contributed by atoms with Gasteiger partial charge in [-0.3, -0.25) is 4.79 Å². The van der Waals surface area contributed by atoms with Gasteiger partial charge in [0, 0.05) is 18.8 Å². The average Bonchev–Trinajstić information content (AvgIpc) is 2.86. The van der Waals surface area contributed by atoms with Crippen molar-refractivity contribution in [2.24, 2.45) is 5.73 Å². The van der Waals surface area contributed by atoms with Gasteiger partial charge < -0.3 is 10.6 Å². The molecule has 0 aliphatic carbocycles. The highest BCUT2D eigenvalue weighted by atomic mass is 32.1. The lowest BCUT2D eigenvalue weighted by molar-refractivity contribution is -0.140. The lowest BCUT2D eigenvalue weighted by atomic mass is 10.1. The number of nitrogens with two attached hydrogens (primary N) is 1. The molecule has 0 aliphatic heterocycles. The first kappa shape index (κ1) is 17.9. The summed E-state index contributed by atoms with van der Waals surface area (Å²) in [4.78, 5) is 16.8. The monoisotopic (exact) mass is 323 g/mol. The summed E-state index contributed by atoms with van der Waals surface area (Å²) in [5.74, 6) is -0.0773. The first-order valence-electron chi connectivity index (χ1n) is 6.80. The fraction of sp³-hybridized carbons (Fsp3) is 0.692. The minimum absolute atomic E-state index is 0.0773. The zero-order valence-electron chi connectivity index (χ0n) is 11.9. The zero-order valence-corrected chi connectivity index (χ0v) is 12.8. The molecule has 0 unspecified atom stereocenters. The Kier molecular flexibility index (Phi) is 7.10. The summed E-state index contributed by atoms with van der Waals surface area (Å²) in [6.45, 7) is 0.766. The summed E-state index contributed by atoms with van der Waals surface area (Å²) in [6, 6.07) is 0. The summed E-state index contributed by atoms with van der Waals surface area (Å²) in [5.41, 5.74) is 4.48. The topological polar surface area (TPSA) is 59.2 Å². The Bertz CT molecular complexity index is 448. The van der Waals surface area contributed by atoms with E-state index in [-0.39, 0.29) is 12.5 Å². The summed E-state index contributed by atoms with van der Waals surface area (Å²) in [6.07, 6.45) is -0.377. The van der Waals surface area contributed by atoms with Crippen molar-refractivity contribution in [3.8, 4) is 0 Å². The Labute approximate surface area is 126 Å². The van der Waals surface area contributed by atoms with Crippen LogP contribution in [0.5, 0.6) is 0 Å². The minimum Gasteiger partial charge on any atom is -0.339 e. The molecule has 0 atom stereocenters. The van der Waals surface area contributed by atoms with E-state index < -0.39 is 11.9 Å². The molecule has 0 saturated heterocycles. The lowest BCUT2D eigenvalue weighted by Crippen LogP contribution is -2.25. The number of thiazole rings is 1. The molecule has 0 spiro atoms. The fourth-order valence-corrected chi connectivity index (χ4v) is 2.62. The van der Waals surface area contributed by atoms with Crippen molar-refractivity contribution in [3.05, 3.63) is 16.1 Å². The second kappa shape index (κ2) is 8.33. The quantitative estimate of drug-likeness (QED) is 0.748. The van der Waals surface area contributed by atoms with E-state index in [1.165, 1.54) is 4.90 Å². The van der Waals surface area contributed by atoms with Gasteiger partial charge in [-0.1, -0.05) is 12.8 Å². The van der Waals surface area contributed by atoms with Gasteiger partial charge in [0.2, 0.25) is 5.91 Å². The molecule has 120 valence electrons. The standard InChI is InChI=1S/C13H20F3N3OS/c1-19(12(20)6-4-2-3-5-7-17)8-11-18-10(9-21-11)13(14,15)16/h9H,2-8,17H2,1H3. The van der Waals surface area contributed by atoms with E-state index in [2.05, 4.69) is 4.98 Å². The Morgan fingerprint density at radius 2 is 2.00 bits per heavy atom. The van der Waals surface area contributed by atoms with Crippen LogP contribution in [0.4, 0.5) is 13.2 Å². The van der Waals surface area contributed by atoms with Gasteiger partial charge in [-0.2, -0.15) is 13.2 Å². The summed E-state index contributed by atoms with van der Waals surface area (Å²) < 4.78 is 37.3. The number of unbranched alkanes of at least 4 members (excludes halogenated alkanes) is 3. The molecule has 1 amide bonds. The van der Waals surface area contributed by atoms with E-state index in [0.29, 0.717) is 18.0 Å². The summed E-state index contributed by atoms with van der Waals surface area (Å²) in [7, 11) is 1.58. The molecule has 1 aromatic heterocycles. The van der Waals surface area contributed by atoms with E-state index in [1.807, 2.05) is 0 Å². The molecular weight excluding hydrogens is 303 g/mol. The molecule has 0 saturated carbocycles. The van der Waals surface area contributed by atoms with Crippen LogP contribution >= 0.6 is 11.3 Å². The van der Waals surface area contributed by atoms with E-state index in [1.54, 1.807) is 7.05 Å². The molecule has 1 heterocycles. The Morgan fingerprint density at radius 1 is 1.33 bits per heavy atom. The molecule has 0 fully saturated rings. The fourth-order valence-electron chi connectivity index (χ4n) is 1.77. The van der Waals surface area contributed by atoms with Gasteiger partial charge in [0.25, 0.3) is 0 Å². The average molecular weight is 323 g/mol. The lowest BCUT2D eigenvalue weighted by Gasteiger charge is -2.15. The number of halogens is 3. The maximum Gasteiger partial charge on any atom is 0.434 e. The van der Waals surface area contributed by atoms with Crippen LogP contribution in [-0.4, -0.2) is 29.4 Å². The first-order valence-corrected chi connectivity index (χ1v) is 7.68. The normalized spacial score (nSPS) is 11.7. The van der Waals surface area contributed by atoms with E-state index in [9.17, 15) is 18.0 Å². The van der Waals surface area contributed by atoms with Gasteiger partial charge in [0.1, 0.15) is 5.01 Å². The minimum atomic E-state index is -4.43. The van der Waals surface area contributed by atoms with Crippen LogP contribution in [0.25, 0.3) is 0 Å². The number of alkyl halides is 3. The van der Waals surface area contributed by atoms with Crippen molar-refractivity contribution < 1.29 is 18.0 Å². The number of rotatable bonds is 8. The van der Waals surface area contributed by atoms with Crippen LogP contribution in [0.1, 0.15) is 42.8 Å². The third-order valence-corrected chi connectivity index (χ3v) is 3.82. The number of amides is 1. The second-order valence-electron chi connectivity index (χ2n) is 4.83. The molecule has 4 nitrogen and oxygen atoms in total. The molecule has 21 heavy (non-hydrogen) atoms. The SMILES string of the molecule is CN(Cc1nc(C(F)(F)F)cs1)C(=O)CCCCCCN. The first-order chi connectivity index (χ1) is 9.84. The predicted molar refractivity (Wildman–Crippen MR) is 75.7 cm³/mol. The summed E-state index contributed by atoms with van der Waals surface area (Å²) >= 11 is 0.918. The molecule has 8 heteroatoms. The van der Waals surface area contributed by atoms with Crippen molar-refractivity contribution in [2.45, 2.75) is 44.8 Å². The van der Waals surface area contributed by atoms with E-state index in [0.717, 1.165) is 42.4 Å². The molecular formula is C13H20F3N3OS. The Morgan fingerprint density at radius 3 is 2.57 bits per heavy atom. The molecule has 0 radical (unpaired) electrons. The molecule has 0 bridgehead atoms. The van der Waals surface area contributed by atoms with Gasteiger partial charge in [0.05, 0.1) is 6.54 Å². The number of carbonyl (C=O) groups excluding carboxylic acids is 1. The molecule has 1 rings (SSSR count). The Hall–Kier alpha value is -1.15. The zero-order chi connectivity index (χ0) is 15.9. The van der Waals surface area contributed by atoms with Crippen molar-refractivity contribution >= 4 is 17.2 Å². The largest absolute Gasteiger partial charge is 0.434 e. The molecule has 0 aliphatic rings.